The number of hydrogen-bond acceptors (Lipinski definition) is 4. The van der Waals surface area contributed by atoms with Crippen molar-refractivity contribution in [1.82, 2.24) is 0 Å². The summed E-state index contributed by atoms with van der Waals surface area (Å²) in [6.45, 7) is 8.93. The van der Waals surface area contributed by atoms with E-state index in [-0.39, 0.29) is 23.3 Å². The Morgan fingerprint density at radius 2 is 1.91 bits per heavy atom. The van der Waals surface area contributed by atoms with Crippen LogP contribution < -0.4 is 4.90 Å². The molecule has 3 aliphatic carbocycles. The van der Waals surface area contributed by atoms with Gasteiger partial charge in [0.25, 0.3) is 0 Å². The first-order valence-corrected chi connectivity index (χ1v) is 14.4. The highest BCUT2D eigenvalue weighted by molar-refractivity contribution is 7.11. The Hall–Kier alpha value is -1.61. The zero-order chi connectivity index (χ0) is 25.1. The molecule has 0 unspecified atom stereocenters. The molecule has 0 saturated heterocycles. The molecule has 1 amide bonds. The Labute approximate surface area is 216 Å². The number of ether oxygens (including phenoxy) is 1. The second-order valence-electron chi connectivity index (χ2n) is 12.1. The molecular weight excluding hydrogens is 454 g/mol. The Morgan fingerprint density at radius 1 is 1.20 bits per heavy atom. The fraction of sp³-hybridized carbons (Fsp3) is 0.700. The van der Waals surface area contributed by atoms with Crippen molar-refractivity contribution in [1.29, 1.82) is 0 Å². The molecule has 1 heterocycles. The Morgan fingerprint density at radius 3 is 2.54 bits per heavy atom. The lowest BCUT2D eigenvalue weighted by molar-refractivity contribution is -0.124. The highest BCUT2D eigenvalue weighted by Crippen LogP contribution is 2.38. The maximum atomic E-state index is 13.9. The van der Waals surface area contributed by atoms with Gasteiger partial charge in [0, 0.05) is 22.8 Å². The number of allylic oxidation sites excluding steroid dienone is 2. The van der Waals surface area contributed by atoms with Crippen LogP contribution in [-0.2, 0) is 9.53 Å². The summed E-state index contributed by atoms with van der Waals surface area (Å²) in [7, 11) is 0. The number of anilines is 1. The third-order valence-corrected chi connectivity index (χ3v) is 8.62. The maximum absolute atomic E-state index is 13.9. The third kappa shape index (κ3) is 7.21. The summed E-state index contributed by atoms with van der Waals surface area (Å²) in [5.74, 6) is 6.90. The smallest absolute Gasteiger partial charge is 0.230 e. The molecule has 0 spiro atoms. The van der Waals surface area contributed by atoms with Crippen LogP contribution in [0.4, 0.5) is 5.69 Å². The lowest BCUT2D eigenvalue weighted by Gasteiger charge is -2.42. The molecule has 2 saturated carbocycles. The van der Waals surface area contributed by atoms with E-state index in [0.717, 1.165) is 55.5 Å². The van der Waals surface area contributed by atoms with Gasteiger partial charge in [0.15, 0.2) is 0 Å². The van der Waals surface area contributed by atoms with Crippen molar-refractivity contribution in [3.8, 4) is 11.8 Å². The minimum absolute atomic E-state index is 0.0363. The van der Waals surface area contributed by atoms with Crippen molar-refractivity contribution in [2.75, 3.05) is 11.5 Å². The number of amides is 1. The molecule has 0 bridgehead atoms. The van der Waals surface area contributed by atoms with Crippen LogP contribution in [0.15, 0.2) is 23.1 Å². The molecule has 35 heavy (non-hydrogen) atoms. The fourth-order valence-corrected chi connectivity index (χ4v) is 6.27. The van der Waals surface area contributed by atoms with Crippen LogP contribution in [-0.4, -0.2) is 35.4 Å². The normalized spacial score (nSPS) is 27.7. The number of nitrogens with zero attached hydrogens (tertiary/aromatic N) is 1. The van der Waals surface area contributed by atoms with Gasteiger partial charge in [-0.3, -0.25) is 4.79 Å². The first kappa shape index (κ1) is 26.5. The van der Waals surface area contributed by atoms with Gasteiger partial charge in [-0.2, -0.15) is 0 Å². The van der Waals surface area contributed by atoms with Crippen molar-refractivity contribution in [2.24, 2.45) is 11.3 Å². The van der Waals surface area contributed by atoms with Crippen molar-refractivity contribution in [3.63, 3.8) is 0 Å². The predicted molar refractivity (Wildman–Crippen MR) is 145 cm³/mol. The molecule has 1 atom stereocenters. The summed E-state index contributed by atoms with van der Waals surface area (Å²) >= 11 is 1.62. The molecule has 0 aliphatic heterocycles. The first-order valence-electron chi connectivity index (χ1n) is 13.6. The van der Waals surface area contributed by atoms with Crippen LogP contribution in [0.1, 0.15) is 103 Å². The fourth-order valence-electron chi connectivity index (χ4n) is 5.54. The molecule has 2 fully saturated rings. The summed E-state index contributed by atoms with van der Waals surface area (Å²) in [5.41, 5.74) is 1.54. The highest BCUT2D eigenvalue weighted by atomic mass is 32.1. The average molecular weight is 498 g/mol. The monoisotopic (exact) mass is 497 g/mol. The molecule has 192 valence electrons. The second-order valence-corrected chi connectivity index (χ2v) is 13.0. The minimum atomic E-state index is -0.767. The zero-order valence-corrected chi connectivity index (χ0v) is 22.9. The number of carbonyl (C=O) groups is 1. The summed E-state index contributed by atoms with van der Waals surface area (Å²) in [6, 6.07) is 2.20. The van der Waals surface area contributed by atoms with Gasteiger partial charge in [-0.15, -0.1) is 11.3 Å². The number of rotatable bonds is 6. The topological polar surface area (TPSA) is 49.8 Å². The summed E-state index contributed by atoms with van der Waals surface area (Å²) in [4.78, 5) is 16.9. The van der Waals surface area contributed by atoms with E-state index in [2.05, 4.69) is 62.0 Å². The molecule has 0 radical (unpaired) electrons. The third-order valence-electron chi connectivity index (χ3n) is 7.79. The molecule has 3 aliphatic rings. The van der Waals surface area contributed by atoms with Gasteiger partial charge in [-0.1, -0.05) is 36.3 Å². The SMILES string of the molecule is CC1=CC[C@H](C(=O)N(c2csc(C#CC(C)(C)C)c2)C2CCC(O)(COC3CCCC3)CC2)CC1. The molecule has 4 nitrogen and oxygen atoms in total. The predicted octanol–water partition coefficient (Wildman–Crippen LogP) is 6.86. The highest BCUT2D eigenvalue weighted by Gasteiger charge is 2.39. The summed E-state index contributed by atoms with van der Waals surface area (Å²) in [5, 5.41) is 13.3. The molecule has 0 aromatic carbocycles. The number of thiophene rings is 1. The zero-order valence-electron chi connectivity index (χ0n) is 22.1. The summed E-state index contributed by atoms with van der Waals surface area (Å²) in [6.07, 6.45) is 13.0. The van der Waals surface area contributed by atoms with E-state index in [9.17, 15) is 9.90 Å². The van der Waals surface area contributed by atoms with Gasteiger partial charge in [-0.25, -0.2) is 0 Å². The molecule has 5 heteroatoms. The molecular formula is C30H43NO3S. The van der Waals surface area contributed by atoms with E-state index in [1.807, 2.05) is 0 Å². The first-order chi connectivity index (χ1) is 16.6. The maximum Gasteiger partial charge on any atom is 0.230 e. The summed E-state index contributed by atoms with van der Waals surface area (Å²) < 4.78 is 6.09. The van der Waals surface area contributed by atoms with Crippen LogP contribution in [0, 0.1) is 23.2 Å². The van der Waals surface area contributed by atoms with E-state index in [1.54, 1.807) is 11.3 Å². The average Bonchev–Trinajstić information content (AvgIpc) is 3.50. The standard InChI is InChI=1S/C30H43NO3S/c1-22-9-11-23(12-10-22)28(32)31(25-19-27(35-20-25)15-16-29(2,3)4)24-13-17-30(33,18-14-24)21-34-26-7-5-6-8-26/h9,19-20,23-24,26,33H,5-8,10-14,17-18,21H2,1-4H3/t23-,24?,30?/m0/s1. The Bertz CT molecular complexity index is 962. The van der Waals surface area contributed by atoms with Gasteiger partial charge in [0.1, 0.15) is 0 Å². The van der Waals surface area contributed by atoms with Crippen molar-refractivity contribution in [2.45, 2.75) is 116 Å². The Kier molecular flexibility index (Phi) is 8.46. The van der Waals surface area contributed by atoms with Crippen molar-refractivity contribution in [3.05, 3.63) is 28.0 Å². The Balaban J connectivity index is 1.48. The van der Waals surface area contributed by atoms with E-state index < -0.39 is 5.60 Å². The van der Waals surface area contributed by atoms with Gasteiger partial charge in [0.05, 0.1) is 28.9 Å². The van der Waals surface area contributed by atoms with Crippen LogP contribution in [0.5, 0.6) is 0 Å². The van der Waals surface area contributed by atoms with Crippen molar-refractivity contribution >= 4 is 22.9 Å². The number of carbonyl (C=O) groups excluding carboxylic acids is 1. The van der Waals surface area contributed by atoms with Gasteiger partial charge in [-0.05, 0) is 91.5 Å². The number of aliphatic hydroxyl groups is 1. The van der Waals surface area contributed by atoms with Crippen LogP contribution in [0.2, 0.25) is 0 Å². The molecule has 1 aromatic heterocycles. The van der Waals surface area contributed by atoms with Crippen LogP contribution in [0.3, 0.4) is 0 Å². The van der Waals surface area contributed by atoms with Gasteiger partial charge in [0.2, 0.25) is 5.91 Å². The molecule has 4 rings (SSSR count). The lowest BCUT2D eigenvalue weighted by Crippen LogP contribution is -2.50. The molecule has 1 aromatic rings. The quantitative estimate of drug-likeness (QED) is 0.345. The second kappa shape index (κ2) is 11.2. The van der Waals surface area contributed by atoms with E-state index in [1.165, 1.54) is 18.4 Å². The van der Waals surface area contributed by atoms with E-state index >= 15 is 0 Å². The van der Waals surface area contributed by atoms with Crippen molar-refractivity contribution < 1.29 is 14.6 Å². The van der Waals surface area contributed by atoms with Gasteiger partial charge >= 0.3 is 0 Å². The largest absolute Gasteiger partial charge is 0.387 e. The lowest BCUT2D eigenvalue weighted by atomic mass is 9.81. The number of hydrogen-bond donors (Lipinski definition) is 1. The van der Waals surface area contributed by atoms with E-state index in [0.29, 0.717) is 25.6 Å². The van der Waals surface area contributed by atoms with Crippen LogP contribution in [0.25, 0.3) is 0 Å². The molecule has 1 N–H and O–H groups in total. The minimum Gasteiger partial charge on any atom is -0.387 e. The van der Waals surface area contributed by atoms with Gasteiger partial charge < -0.3 is 14.7 Å². The van der Waals surface area contributed by atoms with Crippen LogP contribution >= 0.6 is 11.3 Å². The van der Waals surface area contributed by atoms with E-state index in [4.69, 9.17) is 4.74 Å².